The van der Waals surface area contributed by atoms with Crippen LogP contribution in [0.25, 0.3) is 0 Å². The van der Waals surface area contributed by atoms with E-state index in [1.807, 2.05) is 0 Å². The van der Waals surface area contributed by atoms with E-state index < -0.39 is 11.2 Å². The number of hydrogen-bond donors (Lipinski definition) is 2. The molecule has 0 radical (unpaired) electrons. The number of aromatic amines is 1. The van der Waals surface area contributed by atoms with Crippen LogP contribution in [0.3, 0.4) is 0 Å². The number of carbonyl (C=O) groups is 1. The van der Waals surface area contributed by atoms with E-state index in [1.54, 1.807) is 31.2 Å². The minimum absolute atomic E-state index is 0.154. The van der Waals surface area contributed by atoms with Gasteiger partial charge in [-0.2, -0.15) is 0 Å². The molecule has 1 aromatic heterocycles. The van der Waals surface area contributed by atoms with E-state index in [-0.39, 0.29) is 12.5 Å². The summed E-state index contributed by atoms with van der Waals surface area (Å²) in [6, 6.07) is 7.10. The molecule has 0 bridgehead atoms. The third-order valence-electron chi connectivity index (χ3n) is 2.91. The van der Waals surface area contributed by atoms with Gasteiger partial charge in [0.1, 0.15) is 6.54 Å². The van der Waals surface area contributed by atoms with Crippen LogP contribution < -0.4 is 16.6 Å². The minimum Gasteiger partial charge on any atom is -0.325 e. The molecule has 0 fully saturated rings. The second-order valence-electron chi connectivity index (χ2n) is 4.45. The zero-order valence-corrected chi connectivity index (χ0v) is 12.9. The molecule has 1 heterocycles. The minimum atomic E-state index is -0.594. The normalized spacial score (nSPS) is 10.4. The van der Waals surface area contributed by atoms with Crippen molar-refractivity contribution in [1.82, 2.24) is 9.55 Å². The van der Waals surface area contributed by atoms with Crippen molar-refractivity contribution in [2.24, 2.45) is 0 Å². The van der Waals surface area contributed by atoms with Crippen LogP contribution in [0.2, 0.25) is 0 Å². The molecule has 110 valence electrons. The lowest BCUT2D eigenvalue weighted by Gasteiger charge is -2.08. The Balaban J connectivity index is 2.14. The van der Waals surface area contributed by atoms with E-state index in [9.17, 15) is 14.4 Å². The van der Waals surface area contributed by atoms with Crippen molar-refractivity contribution < 1.29 is 4.79 Å². The maximum atomic E-state index is 11.9. The summed E-state index contributed by atoms with van der Waals surface area (Å²) >= 11 is 3.31. The average Bonchev–Trinajstić information content (AvgIpc) is 2.44. The van der Waals surface area contributed by atoms with Gasteiger partial charge in [-0.1, -0.05) is 22.9 Å². The summed E-state index contributed by atoms with van der Waals surface area (Å²) in [4.78, 5) is 37.2. The number of aryl methyl sites for hydroxylation is 1. The van der Waals surface area contributed by atoms with Gasteiger partial charge in [-0.15, -0.1) is 0 Å². The first-order chi connectivity index (χ1) is 9.99. The fraction of sp³-hybridized carbons (Fsp3) is 0.214. The van der Waals surface area contributed by atoms with E-state index in [4.69, 9.17) is 0 Å². The van der Waals surface area contributed by atoms with Gasteiger partial charge in [0.05, 0.1) is 0 Å². The fourth-order valence-corrected chi connectivity index (χ4v) is 2.08. The summed E-state index contributed by atoms with van der Waals surface area (Å²) in [5.41, 5.74) is 0.0951. The molecule has 0 spiro atoms. The molecule has 1 aromatic carbocycles. The molecule has 0 saturated heterocycles. The van der Waals surface area contributed by atoms with Crippen LogP contribution in [0.1, 0.15) is 12.5 Å². The van der Waals surface area contributed by atoms with Gasteiger partial charge in [0.15, 0.2) is 0 Å². The molecule has 0 aliphatic heterocycles. The summed E-state index contributed by atoms with van der Waals surface area (Å²) in [5, 5.41) is 2.69. The number of nitrogens with zero attached hydrogens (tertiary/aromatic N) is 1. The smallest absolute Gasteiger partial charge is 0.325 e. The van der Waals surface area contributed by atoms with Gasteiger partial charge in [0, 0.05) is 21.9 Å². The Kier molecular flexibility index (Phi) is 4.74. The Morgan fingerprint density at radius 2 is 1.95 bits per heavy atom. The second-order valence-corrected chi connectivity index (χ2v) is 5.37. The van der Waals surface area contributed by atoms with Crippen molar-refractivity contribution >= 4 is 27.5 Å². The number of halogens is 1. The van der Waals surface area contributed by atoms with Gasteiger partial charge in [-0.3, -0.25) is 19.1 Å². The van der Waals surface area contributed by atoms with Crippen molar-refractivity contribution in [3.8, 4) is 0 Å². The number of anilines is 1. The largest absolute Gasteiger partial charge is 0.328 e. The third-order valence-corrected chi connectivity index (χ3v) is 3.44. The van der Waals surface area contributed by atoms with E-state index in [0.29, 0.717) is 17.7 Å². The first-order valence-corrected chi connectivity index (χ1v) is 7.17. The Bertz CT molecular complexity index is 762. The van der Waals surface area contributed by atoms with E-state index >= 15 is 0 Å². The van der Waals surface area contributed by atoms with Crippen LogP contribution in [0.5, 0.6) is 0 Å². The number of hydrogen-bond acceptors (Lipinski definition) is 3. The molecule has 1 amide bonds. The highest BCUT2D eigenvalue weighted by Gasteiger charge is 2.08. The Morgan fingerprint density at radius 3 is 2.57 bits per heavy atom. The maximum Gasteiger partial charge on any atom is 0.328 e. The molecule has 2 aromatic rings. The molecule has 21 heavy (non-hydrogen) atoms. The van der Waals surface area contributed by atoms with Gasteiger partial charge in [-0.25, -0.2) is 4.79 Å². The fourth-order valence-electron chi connectivity index (χ4n) is 1.81. The molecular weight excluding hydrogens is 338 g/mol. The maximum absolute atomic E-state index is 11.9. The first-order valence-electron chi connectivity index (χ1n) is 6.37. The summed E-state index contributed by atoms with van der Waals surface area (Å²) < 4.78 is 2.10. The van der Waals surface area contributed by atoms with E-state index in [2.05, 4.69) is 26.2 Å². The predicted molar refractivity (Wildman–Crippen MR) is 83.5 cm³/mol. The predicted octanol–water partition coefficient (Wildman–Crippen LogP) is 1.50. The van der Waals surface area contributed by atoms with Gasteiger partial charge >= 0.3 is 5.69 Å². The SMILES string of the molecule is CCc1cn(CC(=O)Nc2ccc(Br)cc2)c(=O)[nH]c1=O. The average molecular weight is 352 g/mol. The van der Waals surface area contributed by atoms with Crippen LogP contribution in [0.15, 0.2) is 44.5 Å². The van der Waals surface area contributed by atoms with Gasteiger partial charge in [-0.05, 0) is 30.7 Å². The second kappa shape index (κ2) is 6.53. The Hall–Kier alpha value is -2.15. The molecule has 2 rings (SSSR count). The molecule has 0 aliphatic rings. The van der Waals surface area contributed by atoms with Crippen LogP contribution in [-0.2, 0) is 17.8 Å². The lowest BCUT2D eigenvalue weighted by Crippen LogP contribution is -2.34. The van der Waals surface area contributed by atoms with Gasteiger partial charge in [0.2, 0.25) is 5.91 Å². The van der Waals surface area contributed by atoms with Gasteiger partial charge in [0.25, 0.3) is 5.56 Å². The molecule has 7 heteroatoms. The lowest BCUT2D eigenvalue weighted by atomic mass is 10.2. The van der Waals surface area contributed by atoms with Crippen LogP contribution in [-0.4, -0.2) is 15.5 Å². The number of H-pyrrole nitrogens is 1. The topological polar surface area (TPSA) is 84.0 Å². The molecule has 0 atom stereocenters. The lowest BCUT2D eigenvalue weighted by molar-refractivity contribution is -0.116. The van der Waals surface area contributed by atoms with Crippen LogP contribution in [0, 0.1) is 0 Å². The van der Waals surface area contributed by atoms with Crippen molar-refractivity contribution in [3.05, 3.63) is 61.3 Å². The number of rotatable bonds is 4. The highest BCUT2D eigenvalue weighted by molar-refractivity contribution is 9.10. The summed E-state index contributed by atoms with van der Waals surface area (Å²) in [5.74, 6) is -0.339. The molecule has 2 N–H and O–H groups in total. The van der Waals surface area contributed by atoms with Crippen molar-refractivity contribution in [2.45, 2.75) is 19.9 Å². The third kappa shape index (κ3) is 3.91. The van der Waals surface area contributed by atoms with Gasteiger partial charge < -0.3 is 5.32 Å². The molecule has 6 nitrogen and oxygen atoms in total. The first kappa shape index (κ1) is 15.2. The monoisotopic (exact) mass is 351 g/mol. The zero-order chi connectivity index (χ0) is 15.4. The van der Waals surface area contributed by atoms with Crippen molar-refractivity contribution in [1.29, 1.82) is 0 Å². The summed E-state index contributed by atoms with van der Waals surface area (Å²) in [7, 11) is 0. The molecule has 0 aliphatic carbocycles. The number of amides is 1. The van der Waals surface area contributed by atoms with E-state index in [1.165, 1.54) is 10.8 Å². The molecule has 0 saturated carbocycles. The van der Waals surface area contributed by atoms with Crippen molar-refractivity contribution in [2.75, 3.05) is 5.32 Å². The van der Waals surface area contributed by atoms with Crippen LogP contribution >= 0.6 is 15.9 Å². The number of benzene rings is 1. The number of aromatic nitrogens is 2. The summed E-state index contributed by atoms with van der Waals surface area (Å²) in [6.45, 7) is 1.65. The number of nitrogens with one attached hydrogen (secondary N) is 2. The standard InChI is InChI=1S/C14H14BrN3O3/c1-2-9-7-18(14(21)17-13(9)20)8-12(19)16-11-5-3-10(15)4-6-11/h3-7H,2,8H2,1H3,(H,16,19)(H,17,20,21). The highest BCUT2D eigenvalue weighted by Crippen LogP contribution is 2.13. The number of carbonyl (C=O) groups excluding carboxylic acids is 1. The zero-order valence-electron chi connectivity index (χ0n) is 11.4. The summed E-state index contributed by atoms with van der Waals surface area (Å²) in [6.07, 6.45) is 1.91. The Morgan fingerprint density at radius 1 is 1.29 bits per heavy atom. The molecular formula is C14H14BrN3O3. The van der Waals surface area contributed by atoms with E-state index in [0.717, 1.165) is 4.47 Å². The van der Waals surface area contributed by atoms with Crippen LogP contribution in [0.4, 0.5) is 5.69 Å². The van der Waals surface area contributed by atoms with Crippen molar-refractivity contribution in [3.63, 3.8) is 0 Å². The quantitative estimate of drug-likeness (QED) is 0.875. The highest BCUT2D eigenvalue weighted by atomic mass is 79.9. The Labute approximate surface area is 128 Å². The molecule has 0 unspecified atom stereocenters.